The molecule has 1 aromatic heterocycles. The molecule has 2 heterocycles. The Kier molecular flexibility index (Phi) is 4.69. The summed E-state index contributed by atoms with van der Waals surface area (Å²) in [7, 11) is 0. The Bertz CT molecular complexity index is 852. The molecule has 0 bridgehead atoms. The predicted octanol–water partition coefficient (Wildman–Crippen LogP) is 3.72. The number of hydrogen-bond acceptors (Lipinski definition) is 3. The minimum Gasteiger partial charge on any atom is -0.385 e. The van der Waals surface area contributed by atoms with Crippen molar-refractivity contribution in [3.8, 4) is 0 Å². The van der Waals surface area contributed by atoms with Crippen molar-refractivity contribution in [3.63, 3.8) is 0 Å². The maximum atomic E-state index is 12.9. The van der Waals surface area contributed by atoms with Crippen LogP contribution in [-0.4, -0.2) is 38.7 Å². The number of nitrogens with zero attached hydrogens (tertiary/aromatic N) is 2. The van der Waals surface area contributed by atoms with E-state index in [-0.39, 0.29) is 24.2 Å². The van der Waals surface area contributed by atoms with Gasteiger partial charge in [-0.25, -0.2) is 0 Å². The van der Waals surface area contributed by atoms with E-state index in [1.807, 2.05) is 30.3 Å². The number of hydrogen-bond donors (Lipinski definition) is 2. The molecule has 8 heteroatoms. The molecule has 150 valence electrons. The van der Waals surface area contributed by atoms with Crippen LogP contribution in [0.2, 0.25) is 0 Å². The van der Waals surface area contributed by atoms with Crippen LogP contribution in [0.15, 0.2) is 36.4 Å². The molecule has 1 saturated carbocycles. The van der Waals surface area contributed by atoms with E-state index in [4.69, 9.17) is 0 Å². The molecule has 0 radical (unpaired) electrons. The molecule has 0 spiro atoms. The summed E-state index contributed by atoms with van der Waals surface area (Å²) >= 11 is 0. The van der Waals surface area contributed by atoms with Crippen LogP contribution in [0.4, 0.5) is 13.2 Å². The van der Waals surface area contributed by atoms with Gasteiger partial charge in [-0.3, -0.25) is 9.89 Å². The monoisotopic (exact) mass is 393 g/mol. The lowest BCUT2D eigenvalue weighted by molar-refractivity contribution is -0.141. The molecule has 1 saturated heterocycles. The molecule has 0 unspecified atom stereocenters. The molecule has 1 aliphatic heterocycles. The topological polar surface area (TPSA) is 69.2 Å². The molecular formula is C20H22F3N3O2. The third kappa shape index (κ3) is 3.19. The zero-order valence-corrected chi connectivity index (χ0v) is 15.2. The smallest absolute Gasteiger partial charge is 0.385 e. The number of halogens is 3. The third-order valence-corrected chi connectivity index (χ3v) is 6.11. The van der Waals surface area contributed by atoms with Crippen LogP contribution in [-0.2, 0) is 11.8 Å². The van der Waals surface area contributed by atoms with E-state index in [1.54, 1.807) is 4.90 Å². The Hall–Kier alpha value is -2.35. The normalized spacial score (nSPS) is 28.1. The molecule has 1 aliphatic carbocycles. The molecule has 28 heavy (non-hydrogen) atoms. The Morgan fingerprint density at radius 1 is 1.21 bits per heavy atom. The van der Waals surface area contributed by atoms with Crippen molar-refractivity contribution in [2.45, 2.75) is 49.9 Å². The van der Waals surface area contributed by atoms with Gasteiger partial charge in [0.05, 0.1) is 5.60 Å². The highest BCUT2D eigenvalue weighted by atomic mass is 19.4. The first-order valence-corrected chi connectivity index (χ1v) is 9.52. The lowest BCUT2D eigenvalue weighted by atomic mass is 9.66. The molecule has 1 aromatic carbocycles. The number of rotatable bonds is 2. The standard InChI is InChI=1S/C20H22F3N3O2/c21-20(22,23)17-12-15(24-25-17)18(27)26-11-10-19(28,13-6-2-1-3-7-13)14-8-4-5-9-16(14)26/h1-3,6-7,12,14,16,28H,4-5,8-11H2,(H,24,25)/t14-,16-,19-/m1/s1. The molecule has 2 fully saturated rings. The first kappa shape index (κ1) is 19.0. The number of piperidine rings is 1. The Morgan fingerprint density at radius 3 is 2.61 bits per heavy atom. The SMILES string of the molecule is O=C(c1cc(C(F)(F)F)n[nH]1)N1CC[C@@](O)(c2ccccc2)[C@@H]2CCCC[C@H]21. The summed E-state index contributed by atoms with van der Waals surface area (Å²) in [5.74, 6) is -0.638. The summed E-state index contributed by atoms with van der Waals surface area (Å²) in [4.78, 5) is 14.6. The maximum Gasteiger partial charge on any atom is 0.435 e. The number of aromatic amines is 1. The van der Waals surface area contributed by atoms with E-state index in [1.165, 1.54) is 0 Å². The average Bonchev–Trinajstić information content (AvgIpc) is 3.20. The summed E-state index contributed by atoms with van der Waals surface area (Å²) in [6, 6.07) is 10.00. The summed E-state index contributed by atoms with van der Waals surface area (Å²) in [5, 5.41) is 17.0. The van der Waals surface area contributed by atoms with Gasteiger partial charge in [0.15, 0.2) is 5.69 Å². The van der Waals surface area contributed by atoms with Crippen molar-refractivity contribution in [3.05, 3.63) is 53.3 Å². The summed E-state index contributed by atoms with van der Waals surface area (Å²) in [5.41, 5.74) is -1.47. The summed E-state index contributed by atoms with van der Waals surface area (Å²) in [6.45, 7) is 0.283. The first-order valence-electron chi connectivity index (χ1n) is 9.52. The second-order valence-corrected chi connectivity index (χ2v) is 7.66. The molecule has 2 N–H and O–H groups in total. The third-order valence-electron chi connectivity index (χ3n) is 6.11. The van der Waals surface area contributed by atoms with Crippen molar-refractivity contribution in [2.75, 3.05) is 6.54 Å². The number of benzene rings is 1. The minimum atomic E-state index is -4.60. The van der Waals surface area contributed by atoms with Crippen molar-refractivity contribution in [1.29, 1.82) is 0 Å². The molecule has 5 nitrogen and oxygen atoms in total. The van der Waals surface area contributed by atoms with E-state index in [2.05, 4.69) is 10.2 Å². The second kappa shape index (κ2) is 6.92. The van der Waals surface area contributed by atoms with Gasteiger partial charge in [-0.2, -0.15) is 18.3 Å². The van der Waals surface area contributed by atoms with E-state index >= 15 is 0 Å². The van der Waals surface area contributed by atoms with Gasteiger partial charge in [0, 0.05) is 24.6 Å². The first-order chi connectivity index (χ1) is 13.3. The molecule has 2 aliphatic rings. The van der Waals surface area contributed by atoms with Gasteiger partial charge < -0.3 is 10.0 Å². The van der Waals surface area contributed by atoms with Crippen LogP contribution in [0.3, 0.4) is 0 Å². The van der Waals surface area contributed by atoms with Gasteiger partial charge in [-0.15, -0.1) is 0 Å². The second-order valence-electron chi connectivity index (χ2n) is 7.66. The molecule has 2 aromatic rings. The van der Waals surface area contributed by atoms with Gasteiger partial charge >= 0.3 is 6.18 Å². The lowest BCUT2D eigenvalue weighted by Gasteiger charge is -2.52. The minimum absolute atomic E-state index is 0.147. The van der Waals surface area contributed by atoms with E-state index < -0.39 is 23.4 Å². The van der Waals surface area contributed by atoms with Crippen LogP contribution >= 0.6 is 0 Å². The summed E-state index contributed by atoms with van der Waals surface area (Å²) in [6.07, 6.45) is -0.863. The molecule has 4 rings (SSSR count). The molecule has 1 amide bonds. The number of H-pyrrole nitrogens is 1. The lowest BCUT2D eigenvalue weighted by Crippen LogP contribution is -2.59. The van der Waals surface area contributed by atoms with Gasteiger partial charge in [0.1, 0.15) is 5.69 Å². The number of aliphatic hydroxyl groups is 1. The number of aromatic nitrogens is 2. The number of alkyl halides is 3. The molecule has 3 atom stereocenters. The van der Waals surface area contributed by atoms with Crippen molar-refractivity contribution >= 4 is 5.91 Å². The highest BCUT2D eigenvalue weighted by molar-refractivity contribution is 5.92. The zero-order chi connectivity index (χ0) is 19.9. The predicted molar refractivity (Wildman–Crippen MR) is 95.3 cm³/mol. The number of nitrogens with one attached hydrogen (secondary N) is 1. The number of likely N-dealkylation sites (tertiary alicyclic amines) is 1. The number of amides is 1. The fourth-order valence-corrected chi connectivity index (χ4v) is 4.75. The van der Waals surface area contributed by atoms with Crippen LogP contribution in [0.1, 0.15) is 53.8 Å². The number of fused-ring (bicyclic) bond motifs is 1. The van der Waals surface area contributed by atoms with E-state index in [0.29, 0.717) is 6.42 Å². The Morgan fingerprint density at radius 2 is 1.93 bits per heavy atom. The fourth-order valence-electron chi connectivity index (χ4n) is 4.75. The molecular weight excluding hydrogens is 371 g/mol. The zero-order valence-electron chi connectivity index (χ0n) is 15.2. The van der Waals surface area contributed by atoms with Crippen molar-refractivity contribution in [1.82, 2.24) is 15.1 Å². The highest BCUT2D eigenvalue weighted by Crippen LogP contribution is 2.47. The average molecular weight is 393 g/mol. The Balaban J connectivity index is 1.62. The quantitative estimate of drug-likeness (QED) is 0.817. The fraction of sp³-hybridized carbons (Fsp3) is 0.500. The van der Waals surface area contributed by atoms with Gasteiger partial charge in [0.25, 0.3) is 5.91 Å². The number of carbonyl (C=O) groups is 1. The van der Waals surface area contributed by atoms with Crippen LogP contribution in [0.25, 0.3) is 0 Å². The van der Waals surface area contributed by atoms with Crippen LogP contribution in [0, 0.1) is 5.92 Å². The van der Waals surface area contributed by atoms with Crippen molar-refractivity contribution < 1.29 is 23.1 Å². The van der Waals surface area contributed by atoms with Gasteiger partial charge in [0.2, 0.25) is 0 Å². The van der Waals surface area contributed by atoms with Gasteiger partial charge in [-0.05, 0) is 24.8 Å². The van der Waals surface area contributed by atoms with Crippen LogP contribution in [0.5, 0.6) is 0 Å². The number of carbonyl (C=O) groups excluding carboxylic acids is 1. The highest BCUT2D eigenvalue weighted by Gasteiger charge is 2.50. The van der Waals surface area contributed by atoms with E-state index in [9.17, 15) is 23.1 Å². The van der Waals surface area contributed by atoms with Crippen LogP contribution < -0.4 is 0 Å². The largest absolute Gasteiger partial charge is 0.435 e. The Labute approximate surface area is 160 Å². The maximum absolute atomic E-state index is 12.9. The van der Waals surface area contributed by atoms with Gasteiger partial charge in [-0.1, -0.05) is 43.2 Å². The van der Waals surface area contributed by atoms with E-state index in [0.717, 1.165) is 37.3 Å². The van der Waals surface area contributed by atoms with Crippen molar-refractivity contribution in [2.24, 2.45) is 5.92 Å². The summed E-state index contributed by atoms with van der Waals surface area (Å²) < 4.78 is 38.5.